The molecule has 1 saturated heterocycles. The SMILES string of the molecule is Cc1nn(C)cc1S(=O)(=O)N1C[C@@H]2CC[C@H](Oc3ccc(F)cc3)[C@@H]2C1. The van der Waals surface area contributed by atoms with Crippen LogP contribution >= 0.6 is 0 Å². The minimum atomic E-state index is -3.55. The van der Waals surface area contributed by atoms with Crippen molar-refractivity contribution in [1.82, 2.24) is 14.1 Å². The minimum Gasteiger partial charge on any atom is -0.490 e. The number of rotatable bonds is 4. The molecule has 2 aliphatic rings. The lowest BCUT2D eigenvalue weighted by molar-refractivity contribution is 0.154. The van der Waals surface area contributed by atoms with Gasteiger partial charge in [-0.05, 0) is 49.9 Å². The maximum atomic E-state index is 13.1. The van der Waals surface area contributed by atoms with Crippen LogP contribution in [0.5, 0.6) is 5.75 Å². The molecule has 6 nitrogen and oxygen atoms in total. The van der Waals surface area contributed by atoms with E-state index in [1.165, 1.54) is 16.8 Å². The van der Waals surface area contributed by atoms with E-state index in [1.807, 2.05) is 0 Å². The normalized spacial score (nSPS) is 26.2. The maximum Gasteiger partial charge on any atom is 0.246 e. The van der Waals surface area contributed by atoms with E-state index >= 15 is 0 Å². The highest BCUT2D eigenvalue weighted by molar-refractivity contribution is 7.89. The van der Waals surface area contributed by atoms with Gasteiger partial charge >= 0.3 is 0 Å². The molecule has 140 valence electrons. The van der Waals surface area contributed by atoms with Crippen LogP contribution in [0.4, 0.5) is 4.39 Å². The third kappa shape index (κ3) is 3.01. The van der Waals surface area contributed by atoms with Crippen molar-refractivity contribution in [2.24, 2.45) is 18.9 Å². The van der Waals surface area contributed by atoms with Crippen molar-refractivity contribution < 1.29 is 17.5 Å². The molecule has 2 aromatic rings. The number of benzene rings is 1. The van der Waals surface area contributed by atoms with Crippen molar-refractivity contribution in [3.63, 3.8) is 0 Å². The summed E-state index contributed by atoms with van der Waals surface area (Å²) < 4.78 is 48.2. The second-order valence-corrected chi connectivity index (χ2v) is 9.09. The first-order valence-corrected chi connectivity index (χ1v) is 10.2. The fourth-order valence-corrected chi connectivity index (χ4v) is 5.91. The summed E-state index contributed by atoms with van der Waals surface area (Å²) in [5.41, 5.74) is 0.517. The van der Waals surface area contributed by atoms with Gasteiger partial charge in [0, 0.05) is 32.3 Å². The number of sulfonamides is 1. The van der Waals surface area contributed by atoms with Gasteiger partial charge < -0.3 is 4.74 Å². The summed E-state index contributed by atoms with van der Waals surface area (Å²) >= 11 is 0. The molecule has 26 heavy (non-hydrogen) atoms. The predicted octanol–water partition coefficient (Wildman–Crippen LogP) is 2.35. The molecule has 1 aliphatic heterocycles. The largest absolute Gasteiger partial charge is 0.490 e. The molecule has 2 fully saturated rings. The lowest BCUT2D eigenvalue weighted by atomic mass is 9.99. The van der Waals surface area contributed by atoms with Crippen LogP contribution < -0.4 is 4.74 Å². The third-order valence-electron chi connectivity index (χ3n) is 5.44. The number of nitrogens with zero attached hydrogens (tertiary/aromatic N) is 3. The van der Waals surface area contributed by atoms with E-state index in [0.29, 0.717) is 30.5 Å². The van der Waals surface area contributed by atoms with E-state index in [1.54, 1.807) is 36.6 Å². The quantitative estimate of drug-likeness (QED) is 0.818. The Morgan fingerprint density at radius 2 is 1.92 bits per heavy atom. The van der Waals surface area contributed by atoms with Crippen molar-refractivity contribution in [1.29, 1.82) is 0 Å². The summed E-state index contributed by atoms with van der Waals surface area (Å²) in [5.74, 6) is 0.784. The van der Waals surface area contributed by atoms with Crippen LogP contribution in [0.3, 0.4) is 0 Å². The van der Waals surface area contributed by atoms with Crippen LogP contribution in [-0.2, 0) is 17.1 Å². The number of hydrogen-bond acceptors (Lipinski definition) is 4. The molecule has 0 radical (unpaired) electrons. The molecule has 3 atom stereocenters. The zero-order valence-electron chi connectivity index (χ0n) is 14.8. The van der Waals surface area contributed by atoms with Gasteiger partial charge in [-0.25, -0.2) is 12.8 Å². The zero-order valence-corrected chi connectivity index (χ0v) is 15.6. The molecule has 1 aromatic carbocycles. The first-order valence-electron chi connectivity index (χ1n) is 8.77. The summed E-state index contributed by atoms with van der Waals surface area (Å²) in [6.45, 7) is 2.68. The van der Waals surface area contributed by atoms with Crippen LogP contribution in [0.2, 0.25) is 0 Å². The Balaban J connectivity index is 1.50. The fraction of sp³-hybridized carbons (Fsp3) is 0.500. The first kappa shape index (κ1) is 17.5. The average Bonchev–Trinajstić information content (AvgIpc) is 3.25. The van der Waals surface area contributed by atoms with Crippen LogP contribution in [0.15, 0.2) is 35.4 Å². The second-order valence-electron chi connectivity index (χ2n) is 7.19. The molecule has 4 rings (SSSR count). The molecule has 0 spiro atoms. The Morgan fingerprint density at radius 1 is 1.19 bits per heavy atom. The second kappa shape index (κ2) is 6.35. The smallest absolute Gasteiger partial charge is 0.246 e. The van der Waals surface area contributed by atoms with Gasteiger partial charge in [-0.1, -0.05) is 0 Å². The number of aryl methyl sites for hydroxylation is 2. The number of ether oxygens (including phenoxy) is 1. The highest BCUT2D eigenvalue weighted by atomic mass is 32.2. The van der Waals surface area contributed by atoms with Crippen LogP contribution in [0.25, 0.3) is 0 Å². The summed E-state index contributed by atoms with van der Waals surface area (Å²) in [5, 5.41) is 4.15. The van der Waals surface area contributed by atoms with Gasteiger partial charge in [0.2, 0.25) is 10.0 Å². The molecule has 0 N–H and O–H groups in total. The molecule has 1 aromatic heterocycles. The van der Waals surface area contributed by atoms with E-state index in [4.69, 9.17) is 4.74 Å². The molecule has 0 amide bonds. The molecular formula is C18H22FN3O3S. The topological polar surface area (TPSA) is 64.4 Å². The number of hydrogen-bond donors (Lipinski definition) is 0. The monoisotopic (exact) mass is 379 g/mol. The number of fused-ring (bicyclic) bond motifs is 1. The maximum absolute atomic E-state index is 13.1. The fourth-order valence-electron chi connectivity index (χ4n) is 4.18. The lowest BCUT2D eigenvalue weighted by Gasteiger charge is -2.21. The van der Waals surface area contributed by atoms with Crippen molar-refractivity contribution in [2.75, 3.05) is 13.1 Å². The summed E-state index contributed by atoms with van der Waals surface area (Å²) in [7, 11) is -1.83. The van der Waals surface area contributed by atoms with E-state index in [9.17, 15) is 12.8 Å². The number of aromatic nitrogens is 2. The highest BCUT2D eigenvalue weighted by Crippen LogP contribution is 2.42. The molecular weight excluding hydrogens is 357 g/mol. The van der Waals surface area contributed by atoms with E-state index in [-0.39, 0.29) is 22.7 Å². The van der Waals surface area contributed by atoms with E-state index < -0.39 is 10.0 Å². The zero-order chi connectivity index (χ0) is 18.5. The van der Waals surface area contributed by atoms with Gasteiger partial charge in [0.1, 0.15) is 22.6 Å². The average molecular weight is 379 g/mol. The summed E-state index contributed by atoms with van der Waals surface area (Å²) in [6, 6.07) is 5.98. The Bertz CT molecular complexity index is 910. The van der Waals surface area contributed by atoms with Crippen molar-refractivity contribution in [3.05, 3.63) is 42.0 Å². The van der Waals surface area contributed by atoms with Crippen molar-refractivity contribution in [2.45, 2.75) is 30.8 Å². The number of halogens is 1. The Kier molecular flexibility index (Phi) is 4.27. The Hall–Kier alpha value is -1.93. The highest BCUT2D eigenvalue weighted by Gasteiger charge is 2.47. The minimum absolute atomic E-state index is 0.0411. The van der Waals surface area contributed by atoms with Crippen molar-refractivity contribution in [3.8, 4) is 5.75 Å². The first-order chi connectivity index (χ1) is 12.3. The molecule has 8 heteroatoms. The van der Waals surface area contributed by atoms with Gasteiger partial charge in [-0.15, -0.1) is 0 Å². The Labute approximate surface area is 152 Å². The summed E-state index contributed by atoms with van der Waals surface area (Å²) in [4.78, 5) is 0.274. The van der Waals surface area contributed by atoms with Crippen LogP contribution in [0.1, 0.15) is 18.5 Å². The molecule has 2 heterocycles. The van der Waals surface area contributed by atoms with Crippen LogP contribution in [0, 0.1) is 24.6 Å². The van der Waals surface area contributed by atoms with Gasteiger partial charge in [-0.2, -0.15) is 9.40 Å². The van der Waals surface area contributed by atoms with Gasteiger partial charge in [-0.3, -0.25) is 4.68 Å². The molecule has 1 aliphatic carbocycles. The van der Waals surface area contributed by atoms with Crippen LogP contribution in [-0.4, -0.2) is 41.7 Å². The molecule has 1 saturated carbocycles. The van der Waals surface area contributed by atoms with Gasteiger partial charge in [0.25, 0.3) is 0 Å². The van der Waals surface area contributed by atoms with Crippen molar-refractivity contribution >= 4 is 10.0 Å². The predicted molar refractivity (Wildman–Crippen MR) is 93.7 cm³/mol. The van der Waals surface area contributed by atoms with Gasteiger partial charge in [0.05, 0.1) is 5.69 Å². The summed E-state index contributed by atoms with van der Waals surface area (Å²) in [6.07, 6.45) is 3.35. The van der Waals surface area contributed by atoms with Gasteiger partial charge in [0.15, 0.2) is 0 Å². The molecule has 0 unspecified atom stereocenters. The lowest BCUT2D eigenvalue weighted by Crippen LogP contribution is -2.32. The third-order valence-corrected chi connectivity index (χ3v) is 7.38. The molecule has 0 bridgehead atoms. The Morgan fingerprint density at radius 3 is 2.58 bits per heavy atom. The van der Waals surface area contributed by atoms with E-state index in [0.717, 1.165) is 12.8 Å². The van der Waals surface area contributed by atoms with E-state index in [2.05, 4.69) is 5.10 Å². The standard InChI is InChI=1S/C18H22FN3O3S/c1-12-18(11-21(2)20-12)26(23,24)22-9-13-3-8-17(16(13)10-22)25-15-6-4-14(19)5-7-15/h4-7,11,13,16-17H,3,8-10H2,1-2H3/t13-,16+,17-/m0/s1.